The number of nitrogen functional groups attached to an aromatic ring is 1. The molecule has 0 radical (unpaired) electrons. The summed E-state index contributed by atoms with van der Waals surface area (Å²) in [5.41, 5.74) is 9.86. The summed E-state index contributed by atoms with van der Waals surface area (Å²) in [5, 5.41) is 11.2. The molecule has 3 rings (SSSR count). The van der Waals surface area contributed by atoms with Crippen molar-refractivity contribution in [2.75, 3.05) is 17.2 Å². The summed E-state index contributed by atoms with van der Waals surface area (Å²) in [7, 11) is 0. The summed E-state index contributed by atoms with van der Waals surface area (Å²) in [4.78, 5) is 17.1. The van der Waals surface area contributed by atoms with E-state index in [0.29, 0.717) is 18.9 Å². The average molecular weight is 284 g/mol. The largest absolute Gasteiger partial charge is 0.398 e. The molecule has 108 valence electrons. The van der Waals surface area contributed by atoms with Gasteiger partial charge >= 0.3 is 5.69 Å². The topological polar surface area (TPSA) is 85.3 Å². The molecule has 1 aliphatic heterocycles. The highest BCUT2D eigenvalue weighted by molar-refractivity contribution is 5.61. The van der Waals surface area contributed by atoms with E-state index in [1.54, 1.807) is 19.2 Å². The predicted octanol–water partition coefficient (Wildman–Crippen LogP) is 2.44. The second-order valence-electron chi connectivity index (χ2n) is 5.27. The molecule has 0 unspecified atom stereocenters. The van der Waals surface area contributed by atoms with Gasteiger partial charge < -0.3 is 10.6 Å². The second kappa shape index (κ2) is 5.05. The van der Waals surface area contributed by atoms with E-state index in [9.17, 15) is 10.1 Å². The predicted molar refractivity (Wildman–Crippen MR) is 81.2 cm³/mol. The van der Waals surface area contributed by atoms with Crippen molar-refractivity contribution in [1.29, 1.82) is 0 Å². The Morgan fingerprint density at radius 1 is 1.43 bits per heavy atom. The first-order valence-corrected chi connectivity index (χ1v) is 6.78. The molecule has 2 aromatic rings. The molecular weight excluding hydrogens is 268 g/mol. The third-order valence-corrected chi connectivity index (χ3v) is 3.78. The summed E-state index contributed by atoms with van der Waals surface area (Å²) < 4.78 is 0. The molecule has 1 aromatic carbocycles. The van der Waals surface area contributed by atoms with Crippen molar-refractivity contribution < 1.29 is 4.92 Å². The van der Waals surface area contributed by atoms with E-state index >= 15 is 0 Å². The van der Waals surface area contributed by atoms with Crippen LogP contribution in [0.15, 0.2) is 30.5 Å². The molecule has 1 aromatic heterocycles. The smallest absolute Gasteiger partial charge is 0.311 e. The number of anilines is 2. The first kappa shape index (κ1) is 13.4. The molecule has 0 amide bonds. The lowest BCUT2D eigenvalue weighted by Gasteiger charge is -2.30. The van der Waals surface area contributed by atoms with E-state index in [1.165, 1.54) is 0 Å². The minimum absolute atomic E-state index is 0.0577. The van der Waals surface area contributed by atoms with Gasteiger partial charge in [-0.25, -0.2) is 4.98 Å². The highest BCUT2D eigenvalue weighted by atomic mass is 16.6. The van der Waals surface area contributed by atoms with Gasteiger partial charge in [0.25, 0.3) is 0 Å². The molecule has 0 saturated carbocycles. The maximum Gasteiger partial charge on any atom is 0.311 e. The fourth-order valence-corrected chi connectivity index (χ4v) is 2.74. The van der Waals surface area contributed by atoms with Gasteiger partial charge in [-0.3, -0.25) is 10.1 Å². The Kier molecular flexibility index (Phi) is 3.21. The van der Waals surface area contributed by atoms with E-state index in [4.69, 9.17) is 5.73 Å². The van der Waals surface area contributed by atoms with E-state index in [2.05, 4.69) is 4.98 Å². The molecule has 6 nitrogen and oxygen atoms in total. The van der Waals surface area contributed by atoms with E-state index in [-0.39, 0.29) is 10.6 Å². The number of aromatic nitrogens is 1. The number of aryl methyl sites for hydroxylation is 1. The lowest BCUT2D eigenvalue weighted by molar-refractivity contribution is -0.384. The van der Waals surface area contributed by atoms with Crippen LogP contribution in [0.4, 0.5) is 17.2 Å². The Labute approximate surface area is 122 Å². The Morgan fingerprint density at radius 2 is 2.24 bits per heavy atom. The summed E-state index contributed by atoms with van der Waals surface area (Å²) >= 11 is 0. The summed E-state index contributed by atoms with van der Waals surface area (Å²) in [6.07, 6.45) is 2.44. The molecule has 0 bridgehead atoms. The van der Waals surface area contributed by atoms with Gasteiger partial charge in [0.05, 0.1) is 4.92 Å². The van der Waals surface area contributed by atoms with Crippen LogP contribution in [0.2, 0.25) is 0 Å². The van der Waals surface area contributed by atoms with Gasteiger partial charge in [0.1, 0.15) is 0 Å². The number of benzene rings is 1. The van der Waals surface area contributed by atoms with Gasteiger partial charge in [0.15, 0.2) is 0 Å². The number of nitrogens with two attached hydrogens (primary N) is 1. The van der Waals surface area contributed by atoms with Crippen LogP contribution >= 0.6 is 0 Å². The van der Waals surface area contributed by atoms with Gasteiger partial charge in [0, 0.05) is 31.0 Å². The molecule has 6 heteroatoms. The Balaban J connectivity index is 1.99. The Bertz CT molecular complexity index is 715. The zero-order valence-corrected chi connectivity index (χ0v) is 11.7. The Hall–Kier alpha value is -2.63. The Morgan fingerprint density at radius 3 is 3.00 bits per heavy atom. The van der Waals surface area contributed by atoms with E-state index < -0.39 is 0 Å². The van der Waals surface area contributed by atoms with Crippen LogP contribution in [0.1, 0.15) is 16.7 Å². The molecular formula is C15H16N4O2. The van der Waals surface area contributed by atoms with Gasteiger partial charge in [-0.1, -0.05) is 12.1 Å². The van der Waals surface area contributed by atoms with Crippen LogP contribution in [0.3, 0.4) is 0 Å². The standard InChI is InChI=1S/C15H16N4O2/c1-10-7-14(19(20)21)15(17-8-10)18-6-5-12-11(9-18)3-2-4-13(12)16/h2-4,7-8H,5-6,9,16H2,1H3. The van der Waals surface area contributed by atoms with Crippen LogP contribution in [-0.4, -0.2) is 16.5 Å². The normalized spacial score (nSPS) is 13.9. The SMILES string of the molecule is Cc1cnc(N2CCc3c(N)cccc3C2)c([N+](=O)[O-])c1. The zero-order chi connectivity index (χ0) is 15.0. The van der Waals surface area contributed by atoms with Crippen molar-refractivity contribution in [3.8, 4) is 0 Å². The molecule has 2 heterocycles. The van der Waals surface area contributed by atoms with E-state index in [1.807, 2.05) is 23.1 Å². The highest BCUT2D eigenvalue weighted by Gasteiger charge is 2.25. The van der Waals surface area contributed by atoms with Crippen LogP contribution in [0, 0.1) is 17.0 Å². The first-order valence-electron chi connectivity index (χ1n) is 6.78. The van der Waals surface area contributed by atoms with Gasteiger partial charge in [0.2, 0.25) is 5.82 Å². The van der Waals surface area contributed by atoms with Crippen molar-refractivity contribution in [3.63, 3.8) is 0 Å². The molecule has 0 spiro atoms. The summed E-state index contributed by atoms with van der Waals surface area (Å²) in [5.74, 6) is 0.429. The van der Waals surface area contributed by atoms with Crippen LogP contribution in [0.25, 0.3) is 0 Å². The van der Waals surface area contributed by atoms with Crippen molar-refractivity contribution >= 4 is 17.2 Å². The zero-order valence-electron chi connectivity index (χ0n) is 11.7. The van der Waals surface area contributed by atoms with Crippen molar-refractivity contribution in [2.45, 2.75) is 19.9 Å². The minimum Gasteiger partial charge on any atom is -0.398 e. The monoisotopic (exact) mass is 284 g/mol. The quantitative estimate of drug-likeness (QED) is 0.520. The van der Waals surface area contributed by atoms with E-state index in [0.717, 1.165) is 28.8 Å². The summed E-state index contributed by atoms with van der Waals surface area (Å²) in [6.45, 7) is 3.07. The highest BCUT2D eigenvalue weighted by Crippen LogP contribution is 2.32. The summed E-state index contributed by atoms with van der Waals surface area (Å²) in [6, 6.07) is 7.38. The van der Waals surface area contributed by atoms with Crippen LogP contribution < -0.4 is 10.6 Å². The lowest BCUT2D eigenvalue weighted by Crippen LogP contribution is -2.32. The second-order valence-corrected chi connectivity index (χ2v) is 5.27. The number of nitrogens with zero attached hydrogens (tertiary/aromatic N) is 3. The number of pyridine rings is 1. The third-order valence-electron chi connectivity index (χ3n) is 3.78. The third kappa shape index (κ3) is 2.40. The van der Waals surface area contributed by atoms with Crippen LogP contribution in [-0.2, 0) is 13.0 Å². The first-order chi connectivity index (χ1) is 10.1. The number of hydrogen-bond donors (Lipinski definition) is 1. The molecule has 0 fully saturated rings. The molecule has 0 saturated heterocycles. The molecule has 0 aliphatic carbocycles. The average Bonchev–Trinajstić information content (AvgIpc) is 2.47. The van der Waals surface area contributed by atoms with Crippen molar-refractivity contribution in [3.05, 3.63) is 57.3 Å². The maximum atomic E-state index is 11.2. The molecule has 0 atom stereocenters. The molecule has 1 aliphatic rings. The number of fused-ring (bicyclic) bond motifs is 1. The van der Waals surface area contributed by atoms with Crippen molar-refractivity contribution in [1.82, 2.24) is 4.98 Å². The van der Waals surface area contributed by atoms with Crippen LogP contribution in [0.5, 0.6) is 0 Å². The number of nitro groups is 1. The van der Waals surface area contributed by atoms with Gasteiger partial charge in [-0.2, -0.15) is 0 Å². The number of rotatable bonds is 2. The maximum absolute atomic E-state index is 11.2. The molecule has 2 N–H and O–H groups in total. The minimum atomic E-state index is -0.371. The molecule has 21 heavy (non-hydrogen) atoms. The fraction of sp³-hybridized carbons (Fsp3) is 0.267. The fourth-order valence-electron chi connectivity index (χ4n) is 2.74. The van der Waals surface area contributed by atoms with Gasteiger partial charge in [-0.15, -0.1) is 0 Å². The lowest BCUT2D eigenvalue weighted by atomic mass is 9.98. The van der Waals surface area contributed by atoms with Gasteiger partial charge in [-0.05, 0) is 36.1 Å². The number of hydrogen-bond acceptors (Lipinski definition) is 5. The van der Waals surface area contributed by atoms with Crippen molar-refractivity contribution in [2.24, 2.45) is 0 Å².